The lowest BCUT2D eigenvalue weighted by atomic mass is 10.2. The molecule has 0 aliphatic heterocycles. The number of carbonyl (C=O) groups is 1. The van der Waals surface area contributed by atoms with Crippen LogP contribution in [0.3, 0.4) is 0 Å². The predicted octanol–water partition coefficient (Wildman–Crippen LogP) is 1.45. The molecule has 3 rings (SSSR count). The largest absolute Gasteiger partial charge is 0.497 e. The number of rotatable bonds is 6. The lowest BCUT2D eigenvalue weighted by Gasteiger charge is -2.00. The van der Waals surface area contributed by atoms with Crippen LogP contribution in [0.4, 0.5) is 0 Å². The van der Waals surface area contributed by atoms with Crippen molar-refractivity contribution >= 4 is 5.97 Å². The Hall–Kier alpha value is -2.97. The van der Waals surface area contributed by atoms with Gasteiger partial charge in [0.25, 0.3) is 5.89 Å². The minimum Gasteiger partial charge on any atom is -0.497 e. The summed E-state index contributed by atoms with van der Waals surface area (Å²) >= 11 is 0. The number of hydrogen-bond acceptors (Lipinski definition) is 8. The molecule has 0 N–H and O–H groups in total. The number of hydrogen-bond donors (Lipinski definition) is 0. The molecule has 1 aromatic carbocycles. The van der Waals surface area contributed by atoms with Crippen LogP contribution in [0.5, 0.6) is 5.75 Å². The number of methoxy groups -OCH3 is 1. The predicted molar refractivity (Wildman–Crippen MR) is 75.0 cm³/mol. The number of carbonyl (C=O) groups excluding carboxylic acids is 1. The van der Waals surface area contributed by atoms with Gasteiger partial charge in [0.2, 0.25) is 11.9 Å². The second-order valence-corrected chi connectivity index (χ2v) is 5.05. The fraction of sp³-hybridized carbons (Fsp3) is 0.357. The molecule has 9 nitrogen and oxygen atoms in total. The fourth-order valence-electron chi connectivity index (χ4n) is 2.10. The Morgan fingerprint density at radius 1 is 1.52 bits per heavy atom. The summed E-state index contributed by atoms with van der Waals surface area (Å²) in [6, 6.07) is 6.27. The van der Waals surface area contributed by atoms with E-state index in [9.17, 15) is 14.9 Å². The Bertz CT molecular complexity index is 744. The highest BCUT2D eigenvalue weighted by atomic mass is 16.6. The summed E-state index contributed by atoms with van der Waals surface area (Å²) in [6.07, 6.45) is 0.213. The summed E-state index contributed by atoms with van der Waals surface area (Å²) in [7, 11) is 1.55. The average molecular weight is 319 g/mol. The van der Waals surface area contributed by atoms with Crippen molar-refractivity contribution < 1.29 is 23.7 Å². The van der Waals surface area contributed by atoms with Gasteiger partial charge >= 0.3 is 5.97 Å². The van der Waals surface area contributed by atoms with Gasteiger partial charge in [0.05, 0.1) is 7.11 Å². The minimum absolute atomic E-state index is 0.120. The second-order valence-electron chi connectivity index (χ2n) is 5.05. The third kappa shape index (κ3) is 3.28. The Morgan fingerprint density at radius 3 is 3.04 bits per heavy atom. The zero-order chi connectivity index (χ0) is 16.4. The SMILES string of the molecule is COc1cccc(-c2noc(COC(=O)C3CC3[N+](=O)[O-])n2)c1. The quantitative estimate of drug-likeness (QED) is 0.446. The van der Waals surface area contributed by atoms with Crippen molar-refractivity contribution in [3.63, 3.8) is 0 Å². The van der Waals surface area contributed by atoms with Gasteiger partial charge in [-0.25, -0.2) is 0 Å². The van der Waals surface area contributed by atoms with Crippen molar-refractivity contribution in [3.05, 3.63) is 40.3 Å². The molecule has 0 radical (unpaired) electrons. The highest BCUT2D eigenvalue weighted by Crippen LogP contribution is 2.34. The Morgan fingerprint density at radius 2 is 2.35 bits per heavy atom. The zero-order valence-corrected chi connectivity index (χ0v) is 12.2. The van der Waals surface area contributed by atoms with E-state index in [0.29, 0.717) is 17.1 Å². The van der Waals surface area contributed by atoms with Gasteiger partial charge in [-0.05, 0) is 12.1 Å². The molecule has 23 heavy (non-hydrogen) atoms. The highest BCUT2D eigenvalue weighted by Gasteiger charge is 2.54. The number of nitro groups is 1. The van der Waals surface area contributed by atoms with Gasteiger partial charge in [-0.2, -0.15) is 4.98 Å². The summed E-state index contributed by atoms with van der Waals surface area (Å²) in [5.74, 6) is -0.183. The first-order chi connectivity index (χ1) is 11.1. The molecule has 1 heterocycles. The summed E-state index contributed by atoms with van der Waals surface area (Å²) in [4.78, 5) is 25.8. The molecule has 0 amide bonds. The van der Waals surface area contributed by atoms with Crippen LogP contribution in [0.2, 0.25) is 0 Å². The van der Waals surface area contributed by atoms with Crippen LogP contribution in [-0.2, 0) is 16.1 Å². The van der Waals surface area contributed by atoms with Gasteiger partial charge in [-0.15, -0.1) is 0 Å². The second kappa shape index (κ2) is 6.03. The lowest BCUT2D eigenvalue weighted by molar-refractivity contribution is -0.497. The average Bonchev–Trinajstić information content (AvgIpc) is 3.24. The minimum atomic E-state index is -0.836. The van der Waals surface area contributed by atoms with Gasteiger partial charge in [-0.3, -0.25) is 14.9 Å². The van der Waals surface area contributed by atoms with E-state index in [1.165, 1.54) is 0 Å². The molecule has 120 valence electrons. The maximum atomic E-state index is 11.6. The smallest absolute Gasteiger partial charge is 0.316 e. The number of aromatic nitrogens is 2. The van der Waals surface area contributed by atoms with Gasteiger partial charge in [0, 0.05) is 16.9 Å². The topological polar surface area (TPSA) is 118 Å². The van der Waals surface area contributed by atoms with Crippen molar-refractivity contribution in [2.45, 2.75) is 19.1 Å². The first-order valence-electron chi connectivity index (χ1n) is 6.85. The number of nitrogens with zero attached hydrogens (tertiary/aromatic N) is 3. The third-order valence-electron chi connectivity index (χ3n) is 3.46. The van der Waals surface area contributed by atoms with E-state index in [4.69, 9.17) is 14.0 Å². The molecule has 9 heteroatoms. The molecule has 0 bridgehead atoms. The van der Waals surface area contributed by atoms with Gasteiger partial charge in [0.15, 0.2) is 6.61 Å². The molecule has 2 unspecified atom stereocenters. The first-order valence-corrected chi connectivity index (χ1v) is 6.85. The lowest BCUT2D eigenvalue weighted by Crippen LogP contribution is -2.13. The standard InChI is InChI=1S/C14H13N3O6/c1-21-9-4-2-3-8(5-9)13-15-12(23-16-13)7-22-14(18)10-6-11(10)17(19)20/h2-5,10-11H,6-7H2,1H3. The Labute approximate surface area is 130 Å². The van der Waals surface area contributed by atoms with E-state index in [0.717, 1.165) is 0 Å². The number of esters is 1. The number of ether oxygens (including phenoxy) is 2. The molecule has 1 saturated carbocycles. The fourth-order valence-corrected chi connectivity index (χ4v) is 2.10. The highest BCUT2D eigenvalue weighted by molar-refractivity contribution is 5.76. The molecule has 1 aliphatic rings. The van der Waals surface area contributed by atoms with Crippen molar-refractivity contribution in [3.8, 4) is 17.1 Å². The van der Waals surface area contributed by atoms with Crippen LogP contribution in [0, 0.1) is 16.0 Å². The third-order valence-corrected chi connectivity index (χ3v) is 3.46. The van der Waals surface area contributed by atoms with E-state index in [1.807, 2.05) is 0 Å². The molecule has 1 aromatic heterocycles. The van der Waals surface area contributed by atoms with E-state index < -0.39 is 22.9 Å². The van der Waals surface area contributed by atoms with E-state index in [-0.39, 0.29) is 18.9 Å². The summed E-state index contributed by atoms with van der Waals surface area (Å²) in [5.41, 5.74) is 0.696. The molecule has 2 aromatic rings. The van der Waals surface area contributed by atoms with Crippen LogP contribution in [0.15, 0.2) is 28.8 Å². The van der Waals surface area contributed by atoms with Crippen LogP contribution in [-0.4, -0.2) is 34.2 Å². The summed E-state index contributed by atoms with van der Waals surface area (Å²) < 4.78 is 15.1. The van der Waals surface area contributed by atoms with Gasteiger partial charge in [0.1, 0.15) is 11.7 Å². The Balaban J connectivity index is 1.59. The van der Waals surface area contributed by atoms with Gasteiger partial charge < -0.3 is 14.0 Å². The van der Waals surface area contributed by atoms with Crippen LogP contribution < -0.4 is 4.74 Å². The van der Waals surface area contributed by atoms with Gasteiger partial charge in [-0.1, -0.05) is 17.3 Å². The summed E-state index contributed by atoms with van der Waals surface area (Å²) in [5, 5.41) is 14.3. The van der Waals surface area contributed by atoms with Crippen LogP contribution >= 0.6 is 0 Å². The van der Waals surface area contributed by atoms with E-state index in [2.05, 4.69) is 10.1 Å². The maximum absolute atomic E-state index is 11.6. The van der Waals surface area contributed by atoms with Crippen molar-refractivity contribution in [2.24, 2.45) is 5.92 Å². The molecule has 1 aliphatic carbocycles. The van der Waals surface area contributed by atoms with Crippen molar-refractivity contribution in [1.29, 1.82) is 0 Å². The molecule has 0 saturated heterocycles. The van der Waals surface area contributed by atoms with Crippen LogP contribution in [0.25, 0.3) is 11.4 Å². The van der Waals surface area contributed by atoms with E-state index in [1.54, 1.807) is 31.4 Å². The molecular weight excluding hydrogens is 306 g/mol. The maximum Gasteiger partial charge on any atom is 0.316 e. The normalized spacial score (nSPS) is 19.2. The Kier molecular flexibility index (Phi) is 3.92. The van der Waals surface area contributed by atoms with Crippen molar-refractivity contribution in [2.75, 3.05) is 7.11 Å². The molecular formula is C14H13N3O6. The van der Waals surface area contributed by atoms with E-state index >= 15 is 0 Å². The van der Waals surface area contributed by atoms with Crippen LogP contribution in [0.1, 0.15) is 12.3 Å². The molecule has 0 spiro atoms. The summed E-state index contributed by atoms with van der Waals surface area (Å²) in [6.45, 7) is -0.212. The monoisotopic (exact) mass is 319 g/mol. The molecule has 2 atom stereocenters. The zero-order valence-electron chi connectivity index (χ0n) is 12.2. The first kappa shape index (κ1) is 14.9. The molecule has 1 fully saturated rings. The number of benzene rings is 1. The van der Waals surface area contributed by atoms with Crippen molar-refractivity contribution in [1.82, 2.24) is 10.1 Å².